The van der Waals surface area contributed by atoms with E-state index in [1.165, 1.54) is 14.2 Å². The van der Waals surface area contributed by atoms with Gasteiger partial charge in [-0.3, -0.25) is 14.6 Å². The molecular formula is C21H20N4O4. The van der Waals surface area contributed by atoms with Gasteiger partial charge in [-0.15, -0.1) is 0 Å². The number of nitrogens with one attached hydrogen (secondary N) is 1. The molecule has 2 aromatic heterocycles. The Bertz CT molecular complexity index is 1090. The summed E-state index contributed by atoms with van der Waals surface area (Å²) >= 11 is 0. The van der Waals surface area contributed by atoms with Gasteiger partial charge in [-0.05, 0) is 30.7 Å². The van der Waals surface area contributed by atoms with Gasteiger partial charge in [0.05, 0.1) is 26.5 Å². The van der Waals surface area contributed by atoms with Gasteiger partial charge in [-0.25, -0.2) is 4.98 Å². The third kappa shape index (κ3) is 3.44. The fourth-order valence-electron chi connectivity index (χ4n) is 3.47. The lowest BCUT2D eigenvalue weighted by Gasteiger charge is -2.29. The molecule has 1 N–H and O–H groups in total. The molecular weight excluding hydrogens is 372 g/mol. The van der Waals surface area contributed by atoms with Gasteiger partial charge in [0.1, 0.15) is 22.9 Å². The zero-order valence-corrected chi connectivity index (χ0v) is 16.1. The van der Waals surface area contributed by atoms with Crippen LogP contribution in [-0.4, -0.2) is 46.5 Å². The van der Waals surface area contributed by atoms with Gasteiger partial charge in [0.2, 0.25) is 0 Å². The molecule has 1 amide bonds. The summed E-state index contributed by atoms with van der Waals surface area (Å²) in [5.74, 6) is 1.09. The maximum absolute atomic E-state index is 13.3. The van der Waals surface area contributed by atoms with E-state index in [9.17, 15) is 9.59 Å². The van der Waals surface area contributed by atoms with Gasteiger partial charge in [-0.2, -0.15) is 0 Å². The Labute approximate surface area is 167 Å². The Morgan fingerprint density at radius 2 is 1.90 bits per heavy atom. The van der Waals surface area contributed by atoms with Crippen molar-refractivity contribution < 1.29 is 14.3 Å². The normalized spacial score (nSPS) is 13.0. The zero-order valence-electron chi connectivity index (χ0n) is 16.1. The second kappa shape index (κ2) is 7.75. The van der Waals surface area contributed by atoms with E-state index >= 15 is 0 Å². The van der Waals surface area contributed by atoms with Crippen molar-refractivity contribution in [3.8, 4) is 22.9 Å². The second-order valence-electron chi connectivity index (χ2n) is 6.60. The van der Waals surface area contributed by atoms with Crippen LogP contribution in [0.1, 0.15) is 21.6 Å². The van der Waals surface area contributed by atoms with Gasteiger partial charge in [0.25, 0.3) is 11.5 Å². The number of pyridine rings is 1. The van der Waals surface area contributed by atoms with Crippen LogP contribution in [0.4, 0.5) is 0 Å². The Balaban J connectivity index is 1.70. The van der Waals surface area contributed by atoms with Gasteiger partial charge in [0, 0.05) is 30.1 Å². The van der Waals surface area contributed by atoms with E-state index in [0.29, 0.717) is 52.7 Å². The number of hydrogen-bond donors (Lipinski definition) is 1. The number of rotatable bonds is 4. The maximum Gasteiger partial charge on any atom is 0.261 e. The van der Waals surface area contributed by atoms with Crippen LogP contribution >= 0.6 is 0 Å². The molecule has 3 aromatic rings. The van der Waals surface area contributed by atoms with Crippen LogP contribution in [0.2, 0.25) is 0 Å². The van der Waals surface area contributed by atoms with E-state index in [2.05, 4.69) is 15.0 Å². The number of amides is 1. The van der Waals surface area contributed by atoms with Crippen molar-refractivity contribution in [2.45, 2.75) is 13.0 Å². The Kier molecular flexibility index (Phi) is 4.99. The number of H-pyrrole nitrogens is 1. The van der Waals surface area contributed by atoms with Crippen LogP contribution in [0.25, 0.3) is 11.4 Å². The minimum Gasteiger partial charge on any atom is -0.496 e. The van der Waals surface area contributed by atoms with Gasteiger partial charge < -0.3 is 19.4 Å². The molecule has 0 saturated carbocycles. The summed E-state index contributed by atoms with van der Waals surface area (Å²) in [6, 6.07) is 8.80. The largest absolute Gasteiger partial charge is 0.496 e. The number of carbonyl (C=O) groups excluding carboxylic acids is 1. The summed E-state index contributed by atoms with van der Waals surface area (Å²) in [4.78, 5) is 38.9. The molecule has 0 atom stereocenters. The van der Waals surface area contributed by atoms with Crippen LogP contribution in [-0.2, 0) is 13.0 Å². The predicted octanol–water partition coefficient (Wildman–Crippen LogP) is 2.05. The molecule has 0 radical (unpaired) electrons. The topological polar surface area (TPSA) is 97.4 Å². The highest BCUT2D eigenvalue weighted by molar-refractivity contribution is 5.99. The summed E-state index contributed by atoms with van der Waals surface area (Å²) in [5.41, 5.74) is 2.08. The number of ether oxygens (including phenoxy) is 2. The Morgan fingerprint density at radius 1 is 1.14 bits per heavy atom. The molecule has 8 nitrogen and oxygen atoms in total. The molecule has 1 aliphatic heterocycles. The number of aromatic amines is 1. The molecule has 1 aliphatic rings. The minimum atomic E-state index is -0.227. The van der Waals surface area contributed by atoms with Crippen molar-refractivity contribution in [3.05, 3.63) is 69.9 Å². The van der Waals surface area contributed by atoms with E-state index in [1.807, 2.05) is 6.07 Å². The van der Waals surface area contributed by atoms with Crippen molar-refractivity contribution in [1.82, 2.24) is 19.9 Å². The first-order valence-corrected chi connectivity index (χ1v) is 9.15. The first-order valence-electron chi connectivity index (χ1n) is 9.15. The summed E-state index contributed by atoms with van der Waals surface area (Å²) in [6.07, 6.45) is 3.71. The molecule has 148 valence electrons. The molecule has 0 aliphatic carbocycles. The zero-order chi connectivity index (χ0) is 20.4. The third-order valence-corrected chi connectivity index (χ3v) is 4.94. The quantitative estimate of drug-likeness (QED) is 0.730. The predicted molar refractivity (Wildman–Crippen MR) is 106 cm³/mol. The summed E-state index contributed by atoms with van der Waals surface area (Å²) in [6.45, 7) is 0.636. The van der Waals surface area contributed by atoms with Crippen molar-refractivity contribution in [2.24, 2.45) is 0 Å². The van der Waals surface area contributed by atoms with Crippen molar-refractivity contribution in [3.63, 3.8) is 0 Å². The first kappa shape index (κ1) is 18.7. The van der Waals surface area contributed by atoms with E-state index < -0.39 is 0 Å². The number of benzene rings is 1. The van der Waals surface area contributed by atoms with Gasteiger partial charge in [-0.1, -0.05) is 6.07 Å². The lowest BCUT2D eigenvalue weighted by Crippen LogP contribution is -2.39. The molecule has 0 bridgehead atoms. The fourth-order valence-corrected chi connectivity index (χ4v) is 3.47. The molecule has 1 aromatic carbocycles. The highest BCUT2D eigenvalue weighted by Crippen LogP contribution is 2.31. The SMILES string of the molecule is COc1cccc(OC)c1C(=O)N1CCc2c(nc(-c3cccnc3)[nH]c2=O)C1. The highest BCUT2D eigenvalue weighted by atomic mass is 16.5. The van der Waals surface area contributed by atoms with Gasteiger partial charge in [0.15, 0.2) is 0 Å². The average Bonchev–Trinajstić information content (AvgIpc) is 2.78. The lowest BCUT2D eigenvalue weighted by atomic mass is 10.0. The standard InChI is InChI=1S/C21H20N4O4/c1-28-16-6-3-7-17(29-2)18(16)21(27)25-10-8-14-15(12-25)23-19(24-20(14)26)13-5-4-9-22-11-13/h3-7,9,11H,8,10,12H2,1-2H3,(H,23,24,26). The number of hydrogen-bond acceptors (Lipinski definition) is 6. The number of nitrogens with zero attached hydrogens (tertiary/aromatic N) is 3. The molecule has 0 spiro atoms. The minimum absolute atomic E-state index is 0.184. The average molecular weight is 392 g/mol. The smallest absolute Gasteiger partial charge is 0.261 e. The molecule has 3 heterocycles. The first-order chi connectivity index (χ1) is 14.1. The van der Waals surface area contributed by atoms with Gasteiger partial charge >= 0.3 is 0 Å². The van der Waals surface area contributed by atoms with Crippen molar-refractivity contribution >= 4 is 5.91 Å². The molecule has 0 saturated heterocycles. The molecule has 4 rings (SSSR count). The summed E-state index contributed by atoms with van der Waals surface area (Å²) < 4.78 is 10.7. The van der Waals surface area contributed by atoms with E-state index in [1.54, 1.807) is 41.6 Å². The van der Waals surface area contributed by atoms with Crippen LogP contribution in [0.3, 0.4) is 0 Å². The lowest BCUT2D eigenvalue weighted by molar-refractivity contribution is 0.0724. The van der Waals surface area contributed by atoms with Crippen molar-refractivity contribution in [1.29, 1.82) is 0 Å². The fraction of sp³-hybridized carbons (Fsp3) is 0.238. The number of methoxy groups -OCH3 is 2. The van der Waals surface area contributed by atoms with E-state index in [-0.39, 0.29) is 18.0 Å². The van der Waals surface area contributed by atoms with Crippen LogP contribution in [0, 0.1) is 0 Å². The monoisotopic (exact) mass is 392 g/mol. The summed E-state index contributed by atoms with van der Waals surface area (Å²) in [7, 11) is 3.02. The van der Waals surface area contributed by atoms with E-state index in [0.717, 1.165) is 0 Å². The molecule has 0 unspecified atom stereocenters. The summed E-state index contributed by atoms with van der Waals surface area (Å²) in [5, 5.41) is 0. The maximum atomic E-state index is 13.3. The number of fused-ring (bicyclic) bond motifs is 1. The van der Waals surface area contributed by atoms with Crippen LogP contribution < -0.4 is 15.0 Å². The van der Waals surface area contributed by atoms with E-state index in [4.69, 9.17) is 9.47 Å². The molecule has 29 heavy (non-hydrogen) atoms. The number of carbonyl (C=O) groups is 1. The van der Waals surface area contributed by atoms with Crippen LogP contribution in [0.15, 0.2) is 47.5 Å². The Hall–Kier alpha value is -3.68. The number of aromatic nitrogens is 3. The Morgan fingerprint density at radius 3 is 2.55 bits per heavy atom. The molecule has 8 heteroatoms. The highest BCUT2D eigenvalue weighted by Gasteiger charge is 2.29. The second-order valence-corrected chi connectivity index (χ2v) is 6.60. The molecule has 0 fully saturated rings. The van der Waals surface area contributed by atoms with Crippen molar-refractivity contribution in [2.75, 3.05) is 20.8 Å². The van der Waals surface area contributed by atoms with Crippen LogP contribution in [0.5, 0.6) is 11.5 Å². The third-order valence-electron chi connectivity index (χ3n) is 4.94.